The average molecular weight is 261 g/mol. The van der Waals surface area contributed by atoms with Crippen molar-refractivity contribution in [1.82, 2.24) is 4.90 Å². The molecule has 1 aromatic rings. The van der Waals surface area contributed by atoms with Crippen molar-refractivity contribution in [1.29, 1.82) is 5.41 Å². The van der Waals surface area contributed by atoms with Gasteiger partial charge in [0.15, 0.2) is 0 Å². The van der Waals surface area contributed by atoms with Crippen LogP contribution in [0.3, 0.4) is 0 Å². The van der Waals surface area contributed by atoms with Crippen LogP contribution >= 0.6 is 0 Å². The molecule has 0 radical (unpaired) electrons. The first-order chi connectivity index (χ1) is 9.13. The molecule has 0 spiro atoms. The molecule has 1 aliphatic rings. The highest BCUT2D eigenvalue weighted by atomic mass is 16.5. The summed E-state index contributed by atoms with van der Waals surface area (Å²) < 4.78 is 5.22. The van der Waals surface area contributed by atoms with Crippen molar-refractivity contribution in [3.63, 3.8) is 0 Å². The molecule has 0 aromatic heterocycles. The van der Waals surface area contributed by atoms with Crippen molar-refractivity contribution in [2.24, 2.45) is 11.7 Å². The van der Waals surface area contributed by atoms with Crippen LogP contribution in [0.2, 0.25) is 0 Å². The molecule has 0 bridgehead atoms. The number of hydrogen-bond acceptors (Lipinski definition) is 3. The molecule has 1 fully saturated rings. The molecule has 1 heterocycles. The number of piperidine rings is 1. The monoisotopic (exact) mass is 261 g/mol. The number of carbonyl (C=O) groups is 1. The van der Waals surface area contributed by atoms with Crippen molar-refractivity contribution in [2.75, 3.05) is 20.2 Å². The second-order valence-corrected chi connectivity index (χ2v) is 4.75. The molecule has 3 N–H and O–H groups in total. The molecule has 19 heavy (non-hydrogen) atoms. The third-order valence-electron chi connectivity index (χ3n) is 3.49. The van der Waals surface area contributed by atoms with E-state index in [4.69, 9.17) is 15.9 Å². The van der Waals surface area contributed by atoms with E-state index in [1.165, 1.54) is 0 Å². The maximum atomic E-state index is 12.5. The van der Waals surface area contributed by atoms with Gasteiger partial charge in [-0.25, -0.2) is 0 Å². The van der Waals surface area contributed by atoms with Gasteiger partial charge in [-0.1, -0.05) is 12.1 Å². The molecule has 102 valence electrons. The van der Waals surface area contributed by atoms with Gasteiger partial charge >= 0.3 is 0 Å². The van der Waals surface area contributed by atoms with Gasteiger partial charge in [-0.05, 0) is 25.0 Å². The van der Waals surface area contributed by atoms with Gasteiger partial charge in [0.1, 0.15) is 5.75 Å². The molecule has 1 aliphatic heterocycles. The van der Waals surface area contributed by atoms with Gasteiger partial charge in [0, 0.05) is 19.0 Å². The minimum absolute atomic E-state index is 0.0209. The Labute approximate surface area is 112 Å². The Morgan fingerprint density at radius 2 is 2.21 bits per heavy atom. The van der Waals surface area contributed by atoms with E-state index >= 15 is 0 Å². The zero-order chi connectivity index (χ0) is 13.8. The number of ether oxygens (including phenoxy) is 1. The maximum Gasteiger partial charge on any atom is 0.257 e. The first-order valence-electron chi connectivity index (χ1n) is 6.39. The number of nitrogens with zero attached hydrogens (tertiary/aromatic N) is 1. The van der Waals surface area contributed by atoms with Gasteiger partial charge in [-0.15, -0.1) is 0 Å². The molecular formula is C14H19N3O2. The Kier molecular flexibility index (Phi) is 4.04. The summed E-state index contributed by atoms with van der Waals surface area (Å²) in [5, 5.41) is 7.52. The predicted octanol–water partition coefficient (Wildman–Crippen LogP) is 1.48. The van der Waals surface area contributed by atoms with E-state index in [-0.39, 0.29) is 17.7 Å². The molecule has 0 unspecified atom stereocenters. The van der Waals surface area contributed by atoms with Crippen LogP contribution in [0.4, 0.5) is 0 Å². The maximum absolute atomic E-state index is 12.5. The Morgan fingerprint density at radius 1 is 1.47 bits per heavy atom. The minimum Gasteiger partial charge on any atom is -0.496 e. The van der Waals surface area contributed by atoms with Crippen molar-refractivity contribution < 1.29 is 9.53 Å². The Balaban J connectivity index is 2.17. The molecule has 0 saturated carbocycles. The van der Waals surface area contributed by atoms with Gasteiger partial charge in [-0.3, -0.25) is 10.2 Å². The van der Waals surface area contributed by atoms with E-state index in [1.807, 2.05) is 12.1 Å². The van der Waals surface area contributed by atoms with Crippen LogP contribution in [0.15, 0.2) is 24.3 Å². The van der Waals surface area contributed by atoms with Crippen molar-refractivity contribution in [3.8, 4) is 5.75 Å². The van der Waals surface area contributed by atoms with E-state index in [2.05, 4.69) is 0 Å². The SMILES string of the molecule is COc1ccccc1C(=O)N1CCC[C@H](C(=N)N)C1. The number of nitrogens with two attached hydrogens (primary N) is 1. The second kappa shape index (κ2) is 5.73. The lowest BCUT2D eigenvalue weighted by Gasteiger charge is -2.32. The number of carbonyl (C=O) groups excluding carboxylic acids is 1. The van der Waals surface area contributed by atoms with E-state index < -0.39 is 0 Å². The zero-order valence-corrected chi connectivity index (χ0v) is 11.1. The molecule has 2 rings (SSSR count). The van der Waals surface area contributed by atoms with Crippen LogP contribution in [-0.4, -0.2) is 36.8 Å². The van der Waals surface area contributed by atoms with Crippen molar-refractivity contribution in [3.05, 3.63) is 29.8 Å². The summed E-state index contributed by atoms with van der Waals surface area (Å²) in [4.78, 5) is 14.2. The van der Waals surface area contributed by atoms with E-state index in [0.717, 1.165) is 12.8 Å². The largest absolute Gasteiger partial charge is 0.496 e. The number of para-hydroxylation sites is 1. The van der Waals surface area contributed by atoms with Gasteiger partial charge in [0.05, 0.1) is 18.5 Å². The molecule has 1 atom stereocenters. The van der Waals surface area contributed by atoms with Crippen LogP contribution in [0, 0.1) is 11.3 Å². The number of methoxy groups -OCH3 is 1. The highest BCUT2D eigenvalue weighted by Gasteiger charge is 2.27. The number of hydrogen-bond donors (Lipinski definition) is 2. The number of amidine groups is 1. The Bertz CT molecular complexity index is 487. The quantitative estimate of drug-likeness (QED) is 0.639. The second-order valence-electron chi connectivity index (χ2n) is 4.75. The number of nitrogens with one attached hydrogen (secondary N) is 1. The molecule has 1 amide bonds. The lowest BCUT2D eigenvalue weighted by molar-refractivity contribution is 0.0699. The highest BCUT2D eigenvalue weighted by molar-refractivity contribution is 5.97. The fourth-order valence-electron chi connectivity index (χ4n) is 2.41. The fraction of sp³-hybridized carbons (Fsp3) is 0.429. The lowest BCUT2D eigenvalue weighted by Crippen LogP contribution is -2.44. The van der Waals surface area contributed by atoms with Crippen molar-refractivity contribution >= 4 is 11.7 Å². The minimum atomic E-state index is -0.0524. The molecule has 5 heteroatoms. The molecule has 0 aliphatic carbocycles. The van der Waals surface area contributed by atoms with Crippen LogP contribution in [0.25, 0.3) is 0 Å². The Morgan fingerprint density at radius 3 is 2.89 bits per heavy atom. The summed E-state index contributed by atoms with van der Waals surface area (Å²) in [6, 6.07) is 7.20. The van der Waals surface area contributed by atoms with E-state index in [0.29, 0.717) is 24.4 Å². The van der Waals surface area contributed by atoms with E-state index in [1.54, 1.807) is 24.1 Å². The topological polar surface area (TPSA) is 79.4 Å². The fourth-order valence-corrected chi connectivity index (χ4v) is 2.41. The molecular weight excluding hydrogens is 242 g/mol. The predicted molar refractivity (Wildman–Crippen MR) is 73.5 cm³/mol. The smallest absolute Gasteiger partial charge is 0.257 e. The molecule has 1 aromatic carbocycles. The average Bonchev–Trinajstić information content (AvgIpc) is 2.46. The van der Waals surface area contributed by atoms with Crippen LogP contribution in [0.1, 0.15) is 23.2 Å². The van der Waals surface area contributed by atoms with Crippen LogP contribution < -0.4 is 10.5 Å². The van der Waals surface area contributed by atoms with E-state index in [9.17, 15) is 4.79 Å². The summed E-state index contributed by atoms with van der Waals surface area (Å²) in [5.74, 6) is 0.672. The Hall–Kier alpha value is -2.04. The number of rotatable bonds is 3. The van der Waals surface area contributed by atoms with Crippen molar-refractivity contribution in [2.45, 2.75) is 12.8 Å². The summed E-state index contributed by atoms with van der Waals surface area (Å²) in [5.41, 5.74) is 6.11. The summed E-state index contributed by atoms with van der Waals surface area (Å²) in [7, 11) is 1.56. The third kappa shape index (κ3) is 2.86. The lowest BCUT2D eigenvalue weighted by atomic mass is 9.96. The van der Waals surface area contributed by atoms with Gasteiger partial charge in [0.25, 0.3) is 5.91 Å². The van der Waals surface area contributed by atoms with Crippen LogP contribution in [0.5, 0.6) is 5.75 Å². The zero-order valence-electron chi connectivity index (χ0n) is 11.1. The normalized spacial score (nSPS) is 19.0. The summed E-state index contributed by atoms with van der Waals surface area (Å²) >= 11 is 0. The highest BCUT2D eigenvalue weighted by Crippen LogP contribution is 2.23. The first-order valence-corrected chi connectivity index (χ1v) is 6.39. The van der Waals surface area contributed by atoms with Gasteiger partial charge in [-0.2, -0.15) is 0 Å². The van der Waals surface area contributed by atoms with Gasteiger partial charge in [0.2, 0.25) is 0 Å². The van der Waals surface area contributed by atoms with Gasteiger partial charge < -0.3 is 15.4 Å². The standard InChI is InChI=1S/C14H19N3O2/c1-19-12-7-3-2-6-11(12)14(18)17-8-4-5-10(9-17)13(15)16/h2-3,6-7,10H,4-5,8-9H2,1H3,(H3,15,16)/t10-/m0/s1. The first kappa shape index (κ1) is 13.4. The number of benzene rings is 1. The summed E-state index contributed by atoms with van der Waals surface area (Å²) in [6.07, 6.45) is 1.76. The van der Waals surface area contributed by atoms with Crippen LogP contribution in [-0.2, 0) is 0 Å². The summed E-state index contributed by atoms with van der Waals surface area (Å²) in [6.45, 7) is 1.23. The molecule has 5 nitrogen and oxygen atoms in total. The third-order valence-corrected chi connectivity index (χ3v) is 3.49. The number of amides is 1. The number of likely N-dealkylation sites (tertiary alicyclic amines) is 1. The molecule has 1 saturated heterocycles.